The highest BCUT2D eigenvalue weighted by Crippen LogP contribution is 2.32. The SMILES string of the molecule is COc1cc(CN2C[C@@H](N)[C@H](c3ccccc3)C2)ccc1OC(F)F.Cl. The fourth-order valence-electron chi connectivity index (χ4n) is 3.36. The van der Waals surface area contributed by atoms with E-state index in [0.29, 0.717) is 18.2 Å². The Kier molecular flexibility index (Phi) is 7.20. The molecule has 0 aliphatic carbocycles. The van der Waals surface area contributed by atoms with E-state index in [9.17, 15) is 8.78 Å². The molecule has 1 aliphatic heterocycles. The molecular weight excluding hydrogens is 362 g/mol. The maximum Gasteiger partial charge on any atom is 0.387 e. The first-order chi connectivity index (χ1) is 12.1. The molecule has 0 bridgehead atoms. The molecular formula is C19H23ClF2N2O2. The van der Waals surface area contributed by atoms with Gasteiger partial charge in [-0.2, -0.15) is 8.78 Å². The maximum atomic E-state index is 12.4. The van der Waals surface area contributed by atoms with Crippen LogP contribution in [-0.4, -0.2) is 37.8 Å². The second-order valence-corrected chi connectivity index (χ2v) is 6.24. The molecule has 1 aliphatic rings. The van der Waals surface area contributed by atoms with E-state index in [1.165, 1.54) is 18.7 Å². The van der Waals surface area contributed by atoms with Crippen molar-refractivity contribution in [2.45, 2.75) is 25.1 Å². The first-order valence-corrected chi connectivity index (χ1v) is 8.21. The molecule has 2 atom stereocenters. The van der Waals surface area contributed by atoms with Crippen molar-refractivity contribution in [3.8, 4) is 11.5 Å². The number of alkyl halides is 2. The number of likely N-dealkylation sites (tertiary alicyclic amines) is 1. The summed E-state index contributed by atoms with van der Waals surface area (Å²) in [6.07, 6.45) is 0. The minimum atomic E-state index is -2.87. The average Bonchev–Trinajstić information content (AvgIpc) is 2.97. The molecule has 26 heavy (non-hydrogen) atoms. The predicted octanol–water partition coefficient (Wildman–Crippen LogP) is 3.65. The zero-order valence-corrected chi connectivity index (χ0v) is 15.3. The first kappa shape index (κ1) is 20.4. The molecule has 1 saturated heterocycles. The van der Waals surface area contributed by atoms with E-state index in [2.05, 4.69) is 21.8 Å². The van der Waals surface area contributed by atoms with Crippen molar-refractivity contribution in [2.24, 2.45) is 5.73 Å². The van der Waals surface area contributed by atoms with Crippen LogP contribution in [0, 0.1) is 0 Å². The van der Waals surface area contributed by atoms with Crippen molar-refractivity contribution in [3.05, 3.63) is 59.7 Å². The van der Waals surface area contributed by atoms with E-state index in [0.717, 1.165) is 18.7 Å². The van der Waals surface area contributed by atoms with Crippen LogP contribution in [0.5, 0.6) is 11.5 Å². The summed E-state index contributed by atoms with van der Waals surface area (Å²) in [5, 5.41) is 0. The number of halogens is 3. The van der Waals surface area contributed by atoms with Gasteiger partial charge in [0.2, 0.25) is 0 Å². The van der Waals surface area contributed by atoms with Crippen molar-refractivity contribution in [2.75, 3.05) is 20.2 Å². The Bertz CT molecular complexity index is 703. The summed E-state index contributed by atoms with van der Waals surface area (Å²) in [6, 6.07) is 15.4. The van der Waals surface area contributed by atoms with Crippen molar-refractivity contribution in [1.82, 2.24) is 4.90 Å². The third-order valence-corrected chi connectivity index (χ3v) is 4.52. The number of nitrogens with two attached hydrogens (primary N) is 1. The third kappa shape index (κ3) is 4.84. The van der Waals surface area contributed by atoms with E-state index in [1.807, 2.05) is 18.2 Å². The Hall–Kier alpha value is -1.89. The van der Waals surface area contributed by atoms with E-state index in [1.54, 1.807) is 12.1 Å². The van der Waals surface area contributed by atoms with E-state index in [4.69, 9.17) is 10.5 Å². The van der Waals surface area contributed by atoms with Crippen LogP contribution in [-0.2, 0) is 6.54 Å². The monoisotopic (exact) mass is 384 g/mol. The highest BCUT2D eigenvalue weighted by atomic mass is 35.5. The van der Waals surface area contributed by atoms with Crippen molar-refractivity contribution < 1.29 is 18.3 Å². The van der Waals surface area contributed by atoms with Crippen LogP contribution in [0.25, 0.3) is 0 Å². The van der Waals surface area contributed by atoms with Gasteiger partial charge in [0.15, 0.2) is 11.5 Å². The van der Waals surface area contributed by atoms with Gasteiger partial charge in [-0.3, -0.25) is 4.90 Å². The summed E-state index contributed by atoms with van der Waals surface area (Å²) in [6.45, 7) is -0.537. The molecule has 2 aromatic rings. The molecule has 1 heterocycles. The van der Waals surface area contributed by atoms with Crippen LogP contribution in [0.3, 0.4) is 0 Å². The van der Waals surface area contributed by atoms with Crippen LogP contribution < -0.4 is 15.2 Å². The third-order valence-electron chi connectivity index (χ3n) is 4.52. The highest BCUT2D eigenvalue weighted by molar-refractivity contribution is 5.85. The van der Waals surface area contributed by atoms with E-state index >= 15 is 0 Å². The fraction of sp³-hybridized carbons (Fsp3) is 0.368. The van der Waals surface area contributed by atoms with Gasteiger partial charge >= 0.3 is 6.61 Å². The molecule has 0 saturated carbocycles. The number of rotatable bonds is 6. The van der Waals surface area contributed by atoms with Crippen molar-refractivity contribution in [3.63, 3.8) is 0 Å². The number of methoxy groups -OCH3 is 1. The van der Waals surface area contributed by atoms with Crippen LogP contribution in [0.1, 0.15) is 17.0 Å². The number of nitrogens with zero attached hydrogens (tertiary/aromatic N) is 1. The van der Waals surface area contributed by atoms with Crippen LogP contribution in [0.2, 0.25) is 0 Å². The van der Waals surface area contributed by atoms with Gasteiger partial charge in [0, 0.05) is 31.6 Å². The number of hydrogen-bond acceptors (Lipinski definition) is 4. The number of ether oxygens (including phenoxy) is 2. The highest BCUT2D eigenvalue weighted by Gasteiger charge is 2.31. The molecule has 0 spiro atoms. The lowest BCUT2D eigenvalue weighted by atomic mass is 9.95. The van der Waals surface area contributed by atoms with Crippen LogP contribution in [0.4, 0.5) is 8.78 Å². The van der Waals surface area contributed by atoms with E-state index in [-0.39, 0.29) is 24.2 Å². The Balaban J connectivity index is 0.00000243. The Morgan fingerprint density at radius 3 is 2.50 bits per heavy atom. The molecule has 2 N–H and O–H groups in total. The average molecular weight is 385 g/mol. The van der Waals surface area contributed by atoms with Gasteiger partial charge < -0.3 is 15.2 Å². The second kappa shape index (κ2) is 9.16. The normalized spacial score (nSPS) is 20.0. The number of benzene rings is 2. The molecule has 1 fully saturated rings. The smallest absolute Gasteiger partial charge is 0.387 e. The van der Waals surface area contributed by atoms with Crippen molar-refractivity contribution >= 4 is 12.4 Å². The molecule has 0 radical (unpaired) electrons. The topological polar surface area (TPSA) is 47.7 Å². The molecule has 4 nitrogen and oxygen atoms in total. The Morgan fingerprint density at radius 1 is 1.12 bits per heavy atom. The van der Waals surface area contributed by atoms with Crippen LogP contribution in [0.15, 0.2) is 48.5 Å². The molecule has 0 aromatic heterocycles. The minimum absolute atomic E-state index is 0. The Labute approximate surface area is 158 Å². The number of hydrogen-bond donors (Lipinski definition) is 1. The van der Waals surface area contributed by atoms with Crippen LogP contribution >= 0.6 is 12.4 Å². The zero-order valence-electron chi connectivity index (χ0n) is 14.5. The molecule has 2 aromatic carbocycles. The van der Waals surface area contributed by atoms with Gasteiger partial charge in [0.05, 0.1) is 7.11 Å². The summed E-state index contributed by atoms with van der Waals surface area (Å²) < 4.78 is 34.4. The standard InChI is InChI=1S/C19H22F2N2O2.ClH/c1-24-18-9-13(7-8-17(18)25-19(20)21)10-23-11-15(16(22)12-23)14-5-3-2-4-6-14;/h2-9,15-16,19H,10-12,22H2,1H3;1H/t15-,16+;/m0./s1. The maximum absolute atomic E-state index is 12.4. The zero-order chi connectivity index (χ0) is 17.8. The minimum Gasteiger partial charge on any atom is -0.493 e. The lowest BCUT2D eigenvalue weighted by Crippen LogP contribution is -2.28. The molecule has 142 valence electrons. The van der Waals surface area contributed by atoms with Gasteiger partial charge in [-0.05, 0) is 23.3 Å². The summed E-state index contributed by atoms with van der Waals surface area (Å²) >= 11 is 0. The molecule has 0 unspecified atom stereocenters. The molecule has 7 heteroatoms. The van der Waals surface area contributed by atoms with Gasteiger partial charge in [0.25, 0.3) is 0 Å². The summed E-state index contributed by atoms with van der Waals surface area (Å²) in [5.74, 6) is 0.645. The lowest BCUT2D eigenvalue weighted by molar-refractivity contribution is -0.0512. The van der Waals surface area contributed by atoms with E-state index < -0.39 is 6.61 Å². The summed E-state index contributed by atoms with van der Waals surface area (Å²) in [5.41, 5.74) is 8.54. The molecule has 0 amide bonds. The quantitative estimate of drug-likeness (QED) is 0.826. The lowest BCUT2D eigenvalue weighted by Gasteiger charge is -2.17. The van der Waals surface area contributed by atoms with Gasteiger partial charge in [-0.15, -0.1) is 12.4 Å². The largest absolute Gasteiger partial charge is 0.493 e. The predicted molar refractivity (Wildman–Crippen MR) is 99.3 cm³/mol. The molecule has 3 rings (SSSR count). The Morgan fingerprint density at radius 2 is 1.85 bits per heavy atom. The van der Waals surface area contributed by atoms with Crippen molar-refractivity contribution in [1.29, 1.82) is 0 Å². The van der Waals surface area contributed by atoms with Gasteiger partial charge in [-0.1, -0.05) is 36.4 Å². The van der Waals surface area contributed by atoms with Gasteiger partial charge in [-0.25, -0.2) is 0 Å². The summed E-state index contributed by atoms with van der Waals surface area (Å²) in [4.78, 5) is 2.27. The van der Waals surface area contributed by atoms with Gasteiger partial charge in [0.1, 0.15) is 0 Å². The first-order valence-electron chi connectivity index (χ1n) is 8.21. The summed E-state index contributed by atoms with van der Waals surface area (Å²) in [7, 11) is 1.44. The second-order valence-electron chi connectivity index (χ2n) is 6.24. The fourth-order valence-corrected chi connectivity index (χ4v) is 3.36.